The minimum absolute atomic E-state index is 0.0280. The molecule has 0 saturated heterocycles. The summed E-state index contributed by atoms with van der Waals surface area (Å²) in [5, 5.41) is 11.4. The Morgan fingerprint density at radius 2 is 2.00 bits per heavy atom. The number of hydrogen-bond acceptors (Lipinski definition) is 2. The molecule has 3 heteroatoms. The van der Waals surface area contributed by atoms with Crippen LogP contribution in [0.5, 0.6) is 0 Å². The first-order valence-electron chi connectivity index (χ1n) is 2.87. The molecular weight excluding hydrogens is 134 g/mol. The van der Waals surface area contributed by atoms with E-state index in [2.05, 4.69) is 5.32 Å². The number of thiocarbonyl (C=S) groups is 1. The third-order valence-corrected chi connectivity index (χ3v) is 0.889. The highest BCUT2D eigenvalue weighted by molar-refractivity contribution is 7.80. The van der Waals surface area contributed by atoms with Crippen LogP contribution in [-0.2, 0) is 0 Å². The molecule has 54 valence electrons. The van der Waals surface area contributed by atoms with Crippen molar-refractivity contribution >= 4 is 17.2 Å². The Balaban J connectivity index is 3.60. The predicted octanol–water partition coefficient (Wildman–Crippen LogP) is 0.694. The monoisotopic (exact) mass is 147 g/mol. The van der Waals surface area contributed by atoms with Crippen LogP contribution in [0.4, 0.5) is 0 Å². The van der Waals surface area contributed by atoms with Crippen molar-refractivity contribution in [3.63, 3.8) is 0 Å². The Kier molecular flexibility index (Phi) is 3.08. The lowest BCUT2D eigenvalue weighted by molar-refractivity contribution is 0.349. The van der Waals surface area contributed by atoms with Gasteiger partial charge in [-0.1, -0.05) is 12.2 Å². The van der Waals surface area contributed by atoms with Gasteiger partial charge in [0.2, 0.25) is 0 Å². The van der Waals surface area contributed by atoms with Gasteiger partial charge in [-0.15, -0.1) is 0 Å². The van der Waals surface area contributed by atoms with Crippen molar-refractivity contribution in [1.29, 1.82) is 0 Å². The summed E-state index contributed by atoms with van der Waals surface area (Å²) in [5.74, 6) is 0. The topological polar surface area (TPSA) is 32.3 Å². The fourth-order valence-corrected chi connectivity index (χ4v) is 0.764. The van der Waals surface area contributed by atoms with Crippen molar-refractivity contribution in [2.24, 2.45) is 0 Å². The van der Waals surface area contributed by atoms with E-state index in [1.54, 1.807) is 0 Å². The summed E-state index contributed by atoms with van der Waals surface area (Å²) in [5.41, 5.74) is -0.0280. The van der Waals surface area contributed by atoms with Gasteiger partial charge in [-0.25, -0.2) is 0 Å². The summed E-state index contributed by atoms with van der Waals surface area (Å²) in [4.78, 5) is 0.502. The van der Waals surface area contributed by atoms with Gasteiger partial charge < -0.3 is 10.4 Å². The molecule has 2 N–H and O–H groups in total. The molecular formula is C6H13NOS. The summed E-state index contributed by atoms with van der Waals surface area (Å²) in [6.07, 6.45) is 0. The molecule has 0 unspecified atom stereocenters. The predicted molar refractivity (Wildman–Crippen MR) is 42.6 cm³/mol. The van der Waals surface area contributed by atoms with E-state index < -0.39 is 0 Å². The highest BCUT2D eigenvalue weighted by Gasteiger charge is 2.09. The van der Waals surface area contributed by atoms with Gasteiger partial charge in [-0.05, 0) is 20.8 Å². The Bertz CT molecular complexity index is 106. The van der Waals surface area contributed by atoms with Crippen molar-refractivity contribution in [3.05, 3.63) is 0 Å². The van der Waals surface area contributed by atoms with Crippen LogP contribution in [0.2, 0.25) is 0 Å². The van der Waals surface area contributed by atoms with E-state index in [1.165, 1.54) is 0 Å². The molecule has 0 aliphatic carbocycles. The van der Waals surface area contributed by atoms with Gasteiger partial charge >= 0.3 is 0 Å². The summed E-state index contributed by atoms with van der Waals surface area (Å²) < 4.78 is 0. The van der Waals surface area contributed by atoms with Gasteiger partial charge in [0.25, 0.3) is 0 Å². The molecule has 0 fully saturated rings. The van der Waals surface area contributed by atoms with E-state index in [1.807, 2.05) is 20.8 Å². The van der Waals surface area contributed by atoms with Crippen LogP contribution < -0.4 is 5.32 Å². The minimum atomic E-state index is -0.0629. The van der Waals surface area contributed by atoms with E-state index in [0.29, 0.717) is 4.99 Å². The van der Waals surface area contributed by atoms with Crippen LogP contribution in [0, 0.1) is 0 Å². The molecule has 0 aromatic rings. The van der Waals surface area contributed by atoms with Crippen LogP contribution >= 0.6 is 12.2 Å². The van der Waals surface area contributed by atoms with Gasteiger partial charge in [0.1, 0.15) is 4.99 Å². The third-order valence-electron chi connectivity index (χ3n) is 0.658. The molecule has 0 atom stereocenters. The number of aliphatic hydroxyl groups is 1. The lowest BCUT2D eigenvalue weighted by Crippen LogP contribution is -2.41. The van der Waals surface area contributed by atoms with Crippen LogP contribution in [0.3, 0.4) is 0 Å². The Morgan fingerprint density at radius 3 is 2.11 bits per heavy atom. The Morgan fingerprint density at radius 1 is 1.56 bits per heavy atom. The molecule has 0 aromatic heterocycles. The van der Waals surface area contributed by atoms with Crippen LogP contribution in [-0.4, -0.2) is 22.2 Å². The maximum Gasteiger partial charge on any atom is 0.102 e. The SMILES string of the molecule is CC(C)(C)NC(=S)CO. The maximum absolute atomic E-state index is 8.49. The summed E-state index contributed by atoms with van der Waals surface area (Å²) >= 11 is 4.74. The van der Waals surface area contributed by atoms with Gasteiger partial charge in [0.05, 0.1) is 6.61 Å². The highest BCUT2D eigenvalue weighted by Crippen LogP contribution is 1.97. The van der Waals surface area contributed by atoms with Crippen molar-refractivity contribution in [2.45, 2.75) is 26.3 Å². The van der Waals surface area contributed by atoms with E-state index in [9.17, 15) is 0 Å². The highest BCUT2D eigenvalue weighted by atomic mass is 32.1. The van der Waals surface area contributed by atoms with Crippen molar-refractivity contribution in [3.8, 4) is 0 Å². The lowest BCUT2D eigenvalue weighted by atomic mass is 10.1. The van der Waals surface area contributed by atoms with Crippen LogP contribution in [0.15, 0.2) is 0 Å². The molecule has 2 nitrogen and oxygen atoms in total. The van der Waals surface area contributed by atoms with Crippen LogP contribution in [0.25, 0.3) is 0 Å². The molecule has 0 bridgehead atoms. The number of nitrogens with one attached hydrogen (secondary N) is 1. The summed E-state index contributed by atoms with van der Waals surface area (Å²) in [7, 11) is 0. The summed E-state index contributed by atoms with van der Waals surface area (Å²) in [6, 6.07) is 0. The normalized spacial score (nSPS) is 11.1. The smallest absolute Gasteiger partial charge is 0.102 e. The van der Waals surface area contributed by atoms with Crippen molar-refractivity contribution in [2.75, 3.05) is 6.61 Å². The molecule has 0 spiro atoms. The second-order valence-corrected chi connectivity index (χ2v) is 3.45. The van der Waals surface area contributed by atoms with E-state index in [0.717, 1.165) is 0 Å². The first-order chi connectivity index (χ1) is 3.95. The molecule has 0 heterocycles. The second kappa shape index (κ2) is 3.13. The molecule has 0 aliphatic rings. The Labute approximate surface area is 61.3 Å². The van der Waals surface area contributed by atoms with Gasteiger partial charge in [-0.3, -0.25) is 0 Å². The third kappa shape index (κ3) is 5.73. The quantitative estimate of drug-likeness (QED) is 0.535. The zero-order valence-electron chi connectivity index (χ0n) is 6.06. The molecule has 0 aliphatic heterocycles. The van der Waals surface area contributed by atoms with E-state index in [4.69, 9.17) is 17.3 Å². The Hall–Kier alpha value is -0.150. The molecule has 0 saturated carbocycles. The number of aliphatic hydroxyl groups excluding tert-OH is 1. The molecule has 9 heavy (non-hydrogen) atoms. The first-order valence-corrected chi connectivity index (χ1v) is 3.28. The maximum atomic E-state index is 8.49. The molecule has 0 aromatic carbocycles. The standard InChI is InChI=1S/C6H13NOS/c1-6(2,3)7-5(9)4-8/h8H,4H2,1-3H3,(H,7,9). The second-order valence-electron chi connectivity index (χ2n) is 2.96. The van der Waals surface area contributed by atoms with Gasteiger partial charge in [0.15, 0.2) is 0 Å². The summed E-state index contributed by atoms with van der Waals surface area (Å²) in [6.45, 7) is 5.92. The number of hydrogen-bond donors (Lipinski definition) is 2. The number of rotatable bonds is 1. The fourth-order valence-electron chi connectivity index (χ4n) is 0.458. The average Bonchev–Trinajstić information content (AvgIpc) is 1.62. The molecule has 0 radical (unpaired) electrons. The van der Waals surface area contributed by atoms with Crippen molar-refractivity contribution in [1.82, 2.24) is 5.32 Å². The fraction of sp³-hybridized carbons (Fsp3) is 0.833. The average molecular weight is 147 g/mol. The van der Waals surface area contributed by atoms with Gasteiger partial charge in [0, 0.05) is 5.54 Å². The van der Waals surface area contributed by atoms with Crippen molar-refractivity contribution < 1.29 is 5.11 Å². The van der Waals surface area contributed by atoms with E-state index >= 15 is 0 Å². The largest absolute Gasteiger partial charge is 0.389 e. The zero-order chi connectivity index (χ0) is 7.49. The lowest BCUT2D eigenvalue weighted by Gasteiger charge is -2.21. The minimum Gasteiger partial charge on any atom is -0.389 e. The van der Waals surface area contributed by atoms with Crippen LogP contribution in [0.1, 0.15) is 20.8 Å². The van der Waals surface area contributed by atoms with E-state index in [-0.39, 0.29) is 12.1 Å². The molecule has 0 amide bonds. The van der Waals surface area contributed by atoms with Gasteiger partial charge in [-0.2, -0.15) is 0 Å². The molecule has 0 rings (SSSR count). The first kappa shape index (κ1) is 8.85. The zero-order valence-corrected chi connectivity index (χ0v) is 6.88.